The second-order valence-electron chi connectivity index (χ2n) is 7.85. The molecule has 2 unspecified atom stereocenters. The van der Waals surface area contributed by atoms with Crippen molar-refractivity contribution in [2.45, 2.75) is 78.3 Å². The minimum absolute atomic E-state index is 0.208. The lowest BCUT2D eigenvalue weighted by Crippen LogP contribution is -2.42. The van der Waals surface area contributed by atoms with E-state index in [4.69, 9.17) is 0 Å². The van der Waals surface area contributed by atoms with Crippen molar-refractivity contribution in [3.63, 3.8) is 0 Å². The van der Waals surface area contributed by atoms with Gasteiger partial charge in [0.05, 0.1) is 0 Å². The van der Waals surface area contributed by atoms with Crippen LogP contribution in [0, 0.1) is 11.8 Å². The monoisotopic (exact) mass is 292 g/mol. The fraction of sp³-hybridized carbons (Fsp3) is 0.882. The highest BCUT2D eigenvalue weighted by atomic mass is 15.3. The molecule has 0 amide bonds. The minimum atomic E-state index is 0.208. The fourth-order valence-electron chi connectivity index (χ4n) is 3.35. The zero-order valence-corrected chi connectivity index (χ0v) is 14.4. The first-order valence-corrected chi connectivity index (χ1v) is 8.50. The third kappa shape index (κ3) is 4.80. The summed E-state index contributed by atoms with van der Waals surface area (Å²) in [5.74, 6) is 2.68. The number of nitrogens with zero attached hydrogens (tertiary/aromatic N) is 3. The van der Waals surface area contributed by atoms with Crippen molar-refractivity contribution in [2.24, 2.45) is 11.8 Å². The van der Waals surface area contributed by atoms with Crippen LogP contribution in [-0.4, -0.2) is 26.8 Å². The summed E-state index contributed by atoms with van der Waals surface area (Å²) in [6.07, 6.45) is 8.22. The van der Waals surface area contributed by atoms with E-state index in [1.54, 1.807) is 6.33 Å². The topological polar surface area (TPSA) is 42.7 Å². The van der Waals surface area contributed by atoms with Crippen molar-refractivity contribution in [3.05, 3.63) is 12.2 Å². The molecule has 1 saturated carbocycles. The maximum Gasteiger partial charge on any atom is 0.138 e. The molecule has 2 atom stereocenters. The summed E-state index contributed by atoms with van der Waals surface area (Å²) in [4.78, 5) is 4.51. The molecule has 2 rings (SSSR count). The van der Waals surface area contributed by atoms with Gasteiger partial charge in [0.2, 0.25) is 0 Å². The Labute approximate surface area is 129 Å². The van der Waals surface area contributed by atoms with E-state index in [0.29, 0.717) is 6.04 Å². The molecule has 0 saturated heterocycles. The zero-order chi connectivity index (χ0) is 15.5. The molecule has 1 fully saturated rings. The predicted octanol–water partition coefficient (Wildman–Crippen LogP) is 3.60. The Morgan fingerprint density at radius 3 is 2.52 bits per heavy atom. The molecule has 0 radical (unpaired) electrons. The van der Waals surface area contributed by atoms with Crippen molar-refractivity contribution in [1.82, 2.24) is 20.1 Å². The summed E-state index contributed by atoms with van der Waals surface area (Å²) in [5, 5.41) is 8.08. The maximum atomic E-state index is 4.51. The van der Waals surface area contributed by atoms with Gasteiger partial charge in [-0.3, -0.25) is 0 Å². The first-order chi connectivity index (χ1) is 9.87. The van der Waals surface area contributed by atoms with E-state index in [2.05, 4.69) is 54.7 Å². The lowest BCUT2D eigenvalue weighted by molar-refractivity contribution is 0.208. The van der Waals surface area contributed by atoms with Gasteiger partial charge in [-0.25, -0.2) is 9.67 Å². The quantitative estimate of drug-likeness (QED) is 0.901. The Bertz CT molecular complexity index is 430. The summed E-state index contributed by atoms with van der Waals surface area (Å²) in [6, 6.07) is 0.400. The molecule has 0 spiro atoms. The van der Waals surface area contributed by atoms with E-state index in [9.17, 15) is 0 Å². The molecule has 1 aliphatic rings. The van der Waals surface area contributed by atoms with Crippen LogP contribution < -0.4 is 5.32 Å². The highest BCUT2D eigenvalue weighted by Gasteiger charge is 2.27. The van der Waals surface area contributed by atoms with Crippen LogP contribution in [0.2, 0.25) is 0 Å². The second-order valence-corrected chi connectivity index (χ2v) is 7.85. The van der Waals surface area contributed by atoms with Crippen molar-refractivity contribution in [1.29, 1.82) is 0 Å². The van der Waals surface area contributed by atoms with Crippen LogP contribution in [0.3, 0.4) is 0 Å². The number of hydrogen-bond acceptors (Lipinski definition) is 3. The minimum Gasteiger partial charge on any atom is -0.312 e. The van der Waals surface area contributed by atoms with Gasteiger partial charge in [0.25, 0.3) is 0 Å². The molecule has 1 aliphatic carbocycles. The summed E-state index contributed by atoms with van der Waals surface area (Å²) < 4.78 is 2.09. The first kappa shape index (κ1) is 16.5. The number of nitrogens with one attached hydrogen (secondary N) is 1. The molecule has 1 N–H and O–H groups in total. The third-order valence-electron chi connectivity index (χ3n) is 4.54. The lowest BCUT2D eigenvalue weighted by Gasteiger charge is -2.34. The highest BCUT2D eigenvalue weighted by Crippen LogP contribution is 2.32. The largest absolute Gasteiger partial charge is 0.312 e. The molecule has 1 heterocycles. The smallest absolute Gasteiger partial charge is 0.138 e. The molecule has 21 heavy (non-hydrogen) atoms. The molecule has 4 heteroatoms. The van der Waals surface area contributed by atoms with Crippen LogP contribution in [0.4, 0.5) is 0 Å². The van der Waals surface area contributed by atoms with Crippen LogP contribution in [-0.2, 0) is 6.42 Å². The SMILES string of the molecule is CC(C)n1ncnc1CC1CCCCC1CNC(C)(C)C. The molecular formula is C17H32N4. The van der Waals surface area contributed by atoms with Crippen LogP contribution >= 0.6 is 0 Å². The summed E-state index contributed by atoms with van der Waals surface area (Å²) in [5.41, 5.74) is 0.208. The van der Waals surface area contributed by atoms with Gasteiger partial charge in [-0.15, -0.1) is 0 Å². The number of aromatic nitrogens is 3. The van der Waals surface area contributed by atoms with Crippen molar-refractivity contribution in [2.75, 3.05) is 6.54 Å². The summed E-state index contributed by atoms with van der Waals surface area (Å²) >= 11 is 0. The second kappa shape index (κ2) is 6.91. The molecule has 1 aromatic rings. The first-order valence-electron chi connectivity index (χ1n) is 8.50. The van der Waals surface area contributed by atoms with Crippen LogP contribution in [0.15, 0.2) is 6.33 Å². The molecule has 1 aromatic heterocycles. The van der Waals surface area contributed by atoms with Crippen molar-refractivity contribution >= 4 is 0 Å². The molecule has 120 valence electrons. The van der Waals surface area contributed by atoms with Gasteiger partial charge in [0, 0.05) is 18.0 Å². The van der Waals surface area contributed by atoms with Crippen LogP contribution in [0.25, 0.3) is 0 Å². The number of hydrogen-bond donors (Lipinski definition) is 1. The van der Waals surface area contributed by atoms with E-state index >= 15 is 0 Å². The number of rotatable bonds is 5. The van der Waals surface area contributed by atoms with E-state index in [-0.39, 0.29) is 5.54 Å². The van der Waals surface area contributed by atoms with Gasteiger partial charge in [-0.05, 0) is 65.8 Å². The maximum absolute atomic E-state index is 4.51. The van der Waals surface area contributed by atoms with E-state index in [1.165, 1.54) is 25.7 Å². The Hall–Kier alpha value is -0.900. The van der Waals surface area contributed by atoms with E-state index in [1.807, 2.05) is 0 Å². The average Bonchev–Trinajstić information content (AvgIpc) is 2.85. The normalized spacial score (nSPS) is 23.7. The third-order valence-corrected chi connectivity index (χ3v) is 4.54. The lowest BCUT2D eigenvalue weighted by atomic mass is 9.77. The average molecular weight is 292 g/mol. The Morgan fingerprint density at radius 1 is 1.24 bits per heavy atom. The van der Waals surface area contributed by atoms with E-state index in [0.717, 1.165) is 30.6 Å². The van der Waals surface area contributed by atoms with Crippen LogP contribution in [0.1, 0.15) is 72.2 Å². The van der Waals surface area contributed by atoms with Crippen molar-refractivity contribution < 1.29 is 0 Å². The molecule has 4 nitrogen and oxygen atoms in total. The van der Waals surface area contributed by atoms with Crippen molar-refractivity contribution in [3.8, 4) is 0 Å². The van der Waals surface area contributed by atoms with E-state index < -0.39 is 0 Å². The summed E-state index contributed by atoms with van der Waals surface area (Å²) in [7, 11) is 0. The summed E-state index contributed by atoms with van der Waals surface area (Å²) in [6.45, 7) is 12.2. The Kier molecular flexibility index (Phi) is 5.42. The van der Waals surface area contributed by atoms with Gasteiger partial charge >= 0.3 is 0 Å². The van der Waals surface area contributed by atoms with Crippen LogP contribution in [0.5, 0.6) is 0 Å². The Morgan fingerprint density at radius 2 is 1.90 bits per heavy atom. The highest BCUT2D eigenvalue weighted by molar-refractivity contribution is 4.92. The van der Waals surface area contributed by atoms with Gasteiger partial charge in [0.15, 0.2) is 0 Å². The molecular weight excluding hydrogens is 260 g/mol. The van der Waals surface area contributed by atoms with Gasteiger partial charge in [-0.1, -0.05) is 12.8 Å². The molecule has 0 bridgehead atoms. The fourth-order valence-corrected chi connectivity index (χ4v) is 3.35. The molecule has 0 aromatic carbocycles. The van der Waals surface area contributed by atoms with Gasteiger partial charge < -0.3 is 5.32 Å². The van der Waals surface area contributed by atoms with Gasteiger partial charge in [0.1, 0.15) is 12.2 Å². The van der Waals surface area contributed by atoms with Gasteiger partial charge in [-0.2, -0.15) is 5.10 Å². The standard InChI is InChI=1S/C17H32N4/c1-13(2)21-16(18-12-20-21)10-14-8-6-7-9-15(14)11-19-17(3,4)5/h12-15,19H,6-11H2,1-5H3. The zero-order valence-electron chi connectivity index (χ0n) is 14.4. The Balaban J connectivity index is 2.00. The predicted molar refractivity (Wildman–Crippen MR) is 87.3 cm³/mol. The molecule has 0 aliphatic heterocycles.